The van der Waals surface area contributed by atoms with Crippen LogP contribution in [0.25, 0.3) is 12.2 Å². The fraction of sp³-hybridized carbons (Fsp3) is 0.167. The molecule has 0 aliphatic rings. The first-order valence-corrected chi connectivity index (χ1v) is 7.20. The van der Waals surface area contributed by atoms with E-state index in [9.17, 15) is 14.3 Å². The SMILES string of the molecule is CCOC(=O)Nc1ccc(/C=C/c2cc(C)c(O)c(F)c2)cc1. The number of phenols is 1. The summed E-state index contributed by atoms with van der Waals surface area (Å²) in [6, 6.07) is 10.1. The van der Waals surface area contributed by atoms with Crippen LogP contribution >= 0.6 is 0 Å². The maximum absolute atomic E-state index is 13.5. The number of aromatic hydroxyl groups is 1. The lowest BCUT2D eigenvalue weighted by atomic mass is 10.1. The van der Waals surface area contributed by atoms with Crippen molar-refractivity contribution in [3.63, 3.8) is 0 Å². The van der Waals surface area contributed by atoms with Crippen molar-refractivity contribution in [2.75, 3.05) is 11.9 Å². The van der Waals surface area contributed by atoms with Gasteiger partial charge in [-0.3, -0.25) is 5.32 Å². The number of rotatable bonds is 4. The van der Waals surface area contributed by atoms with Gasteiger partial charge in [0.05, 0.1) is 6.61 Å². The van der Waals surface area contributed by atoms with Crippen molar-refractivity contribution in [2.45, 2.75) is 13.8 Å². The van der Waals surface area contributed by atoms with Crippen LogP contribution in [0.2, 0.25) is 0 Å². The highest BCUT2D eigenvalue weighted by molar-refractivity contribution is 5.84. The summed E-state index contributed by atoms with van der Waals surface area (Å²) in [6.45, 7) is 3.70. The number of aryl methyl sites for hydroxylation is 1. The molecule has 120 valence electrons. The van der Waals surface area contributed by atoms with Crippen LogP contribution in [0.3, 0.4) is 0 Å². The molecule has 23 heavy (non-hydrogen) atoms. The lowest BCUT2D eigenvalue weighted by molar-refractivity contribution is 0.168. The van der Waals surface area contributed by atoms with Crippen LogP contribution in [-0.2, 0) is 4.74 Å². The number of hydrogen-bond acceptors (Lipinski definition) is 3. The molecule has 1 amide bonds. The van der Waals surface area contributed by atoms with Gasteiger partial charge in [-0.15, -0.1) is 0 Å². The summed E-state index contributed by atoms with van der Waals surface area (Å²) < 4.78 is 18.3. The van der Waals surface area contributed by atoms with Gasteiger partial charge in [-0.2, -0.15) is 0 Å². The lowest BCUT2D eigenvalue weighted by Crippen LogP contribution is -2.12. The third kappa shape index (κ3) is 4.57. The monoisotopic (exact) mass is 315 g/mol. The summed E-state index contributed by atoms with van der Waals surface area (Å²) in [5.74, 6) is -0.963. The van der Waals surface area contributed by atoms with E-state index in [1.54, 1.807) is 38.1 Å². The van der Waals surface area contributed by atoms with E-state index in [1.165, 1.54) is 6.07 Å². The van der Waals surface area contributed by atoms with Crippen LogP contribution in [0.5, 0.6) is 5.75 Å². The fourth-order valence-corrected chi connectivity index (χ4v) is 2.01. The Kier molecular flexibility index (Phi) is 5.36. The molecule has 2 rings (SSSR count). The molecule has 0 unspecified atom stereocenters. The first-order valence-electron chi connectivity index (χ1n) is 7.20. The van der Waals surface area contributed by atoms with E-state index in [2.05, 4.69) is 5.32 Å². The molecule has 2 N–H and O–H groups in total. The smallest absolute Gasteiger partial charge is 0.411 e. The topological polar surface area (TPSA) is 58.6 Å². The molecule has 0 atom stereocenters. The number of hydrogen-bond donors (Lipinski definition) is 2. The molecule has 0 aliphatic heterocycles. The molecular weight excluding hydrogens is 297 g/mol. The Morgan fingerprint density at radius 1 is 1.22 bits per heavy atom. The number of benzene rings is 2. The third-order valence-electron chi connectivity index (χ3n) is 3.18. The zero-order valence-electron chi connectivity index (χ0n) is 13.0. The van der Waals surface area contributed by atoms with Crippen molar-refractivity contribution in [3.8, 4) is 5.75 Å². The second-order valence-corrected chi connectivity index (χ2v) is 4.97. The van der Waals surface area contributed by atoms with Crippen LogP contribution in [0.4, 0.5) is 14.9 Å². The van der Waals surface area contributed by atoms with Crippen molar-refractivity contribution in [3.05, 3.63) is 58.9 Å². The molecule has 0 fully saturated rings. The number of ether oxygens (including phenoxy) is 1. The summed E-state index contributed by atoms with van der Waals surface area (Å²) in [4.78, 5) is 11.3. The second-order valence-electron chi connectivity index (χ2n) is 4.97. The normalized spacial score (nSPS) is 10.7. The van der Waals surface area contributed by atoms with E-state index in [0.29, 0.717) is 23.4 Å². The molecule has 5 heteroatoms. The number of amides is 1. The van der Waals surface area contributed by atoms with Crippen LogP contribution < -0.4 is 5.32 Å². The average molecular weight is 315 g/mol. The molecule has 0 bridgehead atoms. The number of phenolic OH excluding ortho intramolecular Hbond substituents is 1. The van der Waals surface area contributed by atoms with Gasteiger partial charge < -0.3 is 9.84 Å². The van der Waals surface area contributed by atoms with Gasteiger partial charge in [0.1, 0.15) is 0 Å². The second kappa shape index (κ2) is 7.45. The van der Waals surface area contributed by atoms with Crippen LogP contribution in [0, 0.1) is 12.7 Å². The molecule has 0 spiro atoms. The van der Waals surface area contributed by atoms with Gasteiger partial charge >= 0.3 is 6.09 Å². The maximum Gasteiger partial charge on any atom is 0.411 e. The zero-order valence-corrected chi connectivity index (χ0v) is 13.0. The number of carbonyl (C=O) groups excluding carboxylic acids is 1. The predicted molar refractivity (Wildman–Crippen MR) is 88.8 cm³/mol. The van der Waals surface area contributed by atoms with E-state index >= 15 is 0 Å². The van der Waals surface area contributed by atoms with E-state index in [4.69, 9.17) is 4.74 Å². The van der Waals surface area contributed by atoms with E-state index < -0.39 is 11.9 Å². The quantitative estimate of drug-likeness (QED) is 0.812. The summed E-state index contributed by atoms with van der Waals surface area (Å²) in [5.41, 5.74) is 2.67. The fourth-order valence-electron chi connectivity index (χ4n) is 2.01. The van der Waals surface area contributed by atoms with Gasteiger partial charge in [-0.05, 0) is 54.8 Å². The van der Waals surface area contributed by atoms with Crippen molar-refractivity contribution in [2.24, 2.45) is 0 Å². The average Bonchev–Trinajstić information content (AvgIpc) is 2.52. The molecule has 2 aromatic rings. The Labute approximate surface area is 134 Å². The Hall–Kier alpha value is -2.82. The van der Waals surface area contributed by atoms with E-state index in [-0.39, 0.29) is 5.75 Å². The molecule has 0 radical (unpaired) electrons. The minimum atomic E-state index is -0.640. The lowest BCUT2D eigenvalue weighted by Gasteiger charge is -2.05. The summed E-state index contributed by atoms with van der Waals surface area (Å²) in [6.07, 6.45) is 3.08. The summed E-state index contributed by atoms with van der Waals surface area (Å²) in [5, 5.41) is 12.0. The van der Waals surface area contributed by atoms with Gasteiger partial charge in [0.25, 0.3) is 0 Å². The summed E-state index contributed by atoms with van der Waals surface area (Å²) in [7, 11) is 0. The number of carbonyl (C=O) groups is 1. The van der Waals surface area contributed by atoms with Crippen molar-refractivity contribution in [1.29, 1.82) is 0 Å². The first-order chi connectivity index (χ1) is 11.0. The maximum atomic E-state index is 13.5. The van der Waals surface area contributed by atoms with Gasteiger partial charge in [0.2, 0.25) is 0 Å². The largest absolute Gasteiger partial charge is 0.505 e. The standard InChI is InChI=1S/C18H18FNO3/c1-3-23-18(22)20-15-8-6-13(7-9-15)4-5-14-10-12(2)17(21)16(19)11-14/h4-11,21H,3H2,1-2H3,(H,20,22)/b5-4+. The Morgan fingerprint density at radius 2 is 1.87 bits per heavy atom. The van der Waals surface area contributed by atoms with Gasteiger partial charge in [0, 0.05) is 5.69 Å². The minimum absolute atomic E-state index is 0.315. The Morgan fingerprint density at radius 3 is 2.48 bits per heavy atom. The van der Waals surface area contributed by atoms with Crippen molar-refractivity contribution < 1.29 is 19.0 Å². The molecule has 0 aliphatic carbocycles. The molecule has 2 aromatic carbocycles. The number of nitrogens with one attached hydrogen (secondary N) is 1. The zero-order chi connectivity index (χ0) is 16.8. The van der Waals surface area contributed by atoms with Crippen LogP contribution in [0.1, 0.15) is 23.6 Å². The highest BCUT2D eigenvalue weighted by Crippen LogP contribution is 2.23. The highest BCUT2D eigenvalue weighted by atomic mass is 19.1. The molecule has 0 saturated carbocycles. The molecule has 0 heterocycles. The summed E-state index contributed by atoms with van der Waals surface area (Å²) >= 11 is 0. The molecule has 4 nitrogen and oxygen atoms in total. The van der Waals surface area contributed by atoms with Gasteiger partial charge in [-0.1, -0.05) is 24.3 Å². The van der Waals surface area contributed by atoms with Gasteiger partial charge in [-0.25, -0.2) is 9.18 Å². The number of anilines is 1. The van der Waals surface area contributed by atoms with Gasteiger partial charge in [0.15, 0.2) is 11.6 Å². The molecular formula is C18H18FNO3. The number of halogens is 1. The van der Waals surface area contributed by atoms with Crippen molar-refractivity contribution in [1.82, 2.24) is 0 Å². The molecule has 0 saturated heterocycles. The third-order valence-corrected chi connectivity index (χ3v) is 3.18. The Balaban J connectivity index is 2.07. The molecule has 0 aromatic heterocycles. The van der Waals surface area contributed by atoms with E-state index in [0.717, 1.165) is 5.56 Å². The van der Waals surface area contributed by atoms with Crippen LogP contribution in [-0.4, -0.2) is 17.8 Å². The Bertz CT molecular complexity index is 701. The first kappa shape index (κ1) is 16.5. The van der Waals surface area contributed by atoms with E-state index in [1.807, 2.05) is 18.2 Å². The minimum Gasteiger partial charge on any atom is -0.505 e. The van der Waals surface area contributed by atoms with Crippen molar-refractivity contribution >= 4 is 23.9 Å². The predicted octanol–water partition coefficient (Wildman–Crippen LogP) is 4.58. The highest BCUT2D eigenvalue weighted by Gasteiger charge is 2.05. The van der Waals surface area contributed by atoms with Crippen LogP contribution in [0.15, 0.2) is 36.4 Å².